The average Bonchev–Trinajstić information content (AvgIpc) is 2.44. The van der Waals surface area contributed by atoms with E-state index in [1.54, 1.807) is 7.05 Å². The van der Waals surface area contributed by atoms with E-state index in [1.165, 1.54) is 0 Å². The Kier molecular flexibility index (Phi) is 8.01. The van der Waals surface area contributed by atoms with Crippen LogP contribution in [0.15, 0.2) is 42.5 Å². The van der Waals surface area contributed by atoms with Gasteiger partial charge in [-0.3, -0.25) is 0 Å². The first kappa shape index (κ1) is 17.6. The van der Waals surface area contributed by atoms with Crippen LogP contribution in [0, 0.1) is 6.92 Å². The van der Waals surface area contributed by atoms with Crippen molar-refractivity contribution in [1.29, 1.82) is 0 Å². The maximum Gasteiger partial charge on any atom is 0.178 e. The van der Waals surface area contributed by atoms with Crippen molar-refractivity contribution in [2.45, 2.75) is 34.6 Å². The highest BCUT2D eigenvalue weighted by Gasteiger charge is 2.31. The van der Waals surface area contributed by atoms with Gasteiger partial charge in [-0.25, -0.2) is 0 Å². The molecule has 0 saturated carbocycles. The molecule has 0 spiro atoms. The topological polar surface area (TPSA) is 0 Å². The van der Waals surface area contributed by atoms with Crippen LogP contribution in [-0.2, 0) is 0 Å². The normalized spacial score (nSPS) is 20.5. The quantitative estimate of drug-likeness (QED) is 0.605. The molecule has 2 rings (SSSR count). The number of rotatable bonds is 1. The second-order valence-corrected chi connectivity index (χ2v) is 4.05. The summed E-state index contributed by atoms with van der Waals surface area (Å²) < 4.78 is 13.7. The molecule has 0 aliphatic carbocycles. The summed E-state index contributed by atoms with van der Waals surface area (Å²) in [5, 5.41) is 0. The monoisotopic (exact) mass is 264 g/mol. The van der Waals surface area contributed by atoms with E-state index in [1.807, 2.05) is 77.1 Å². The van der Waals surface area contributed by atoms with Crippen LogP contribution in [0.1, 0.15) is 38.8 Å². The van der Waals surface area contributed by atoms with Crippen LogP contribution in [0.4, 0.5) is 4.48 Å². The summed E-state index contributed by atoms with van der Waals surface area (Å²) in [4.78, 5) is 0. The zero-order valence-electron chi connectivity index (χ0n) is 13.1. The fraction of sp³-hybridized carbons (Fsp3) is 0.412. The highest BCUT2D eigenvalue weighted by atomic mass is 19.2. The molecule has 0 radical (unpaired) electrons. The summed E-state index contributed by atoms with van der Waals surface area (Å²) in [7, 11) is 1.59. The number of nitrogens with zero attached hydrogens (tertiary/aromatic N) is 1. The van der Waals surface area contributed by atoms with Crippen molar-refractivity contribution in [3.63, 3.8) is 0 Å². The Labute approximate surface area is 117 Å². The van der Waals surface area contributed by atoms with E-state index in [0.717, 1.165) is 16.8 Å². The van der Waals surface area contributed by atoms with E-state index in [9.17, 15) is 4.48 Å². The Morgan fingerprint density at radius 2 is 1.63 bits per heavy atom. The molecule has 0 N–H and O–H groups in total. The SMILES string of the molecule is CC.CC.Cc1ccccc1C1=CC=CC[N+]1(C)F. The van der Waals surface area contributed by atoms with Crippen molar-refractivity contribution in [1.82, 2.24) is 0 Å². The predicted molar refractivity (Wildman–Crippen MR) is 83.2 cm³/mol. The standard InChI is InChI=1S/C13H15FN.2C2H6/c1-11-7-3-4-8-12(11)13-9-5-6-10-15(13,2)14;2*1-2/h3-9H,10H2,1-2H3;2*1-2H3/q+1;;. The zero-order chi connectivity index (χ0) is 14.9. The Hall–Kier alpha value is -1.41. The fourth-order valence-corrected chi connectivity index (χ4v) is 1.87. The number of hydrogen-bond acceptors (Lipinski definition) is 0. The first-order valence-corrected chi connectivity index (χ1v) is 7.10. The molecule has 0 aromatic heterocycles. The van der Waals surface area contributed by atoms with Gasteiger partial charge in [0.2, 0.25) is 0 Å². The Morgan fingerprint density at radius 3 is 2.16 bits per heavy atom. The Morgan fingerprint density at radius 1 is 1.05 bits per heavy atom. The van der Waals surface area contributed by atoms with Crippen LogP contribution < -0.4 is 0 Å². The van der Waals surface area contributed by atoms with Gasteiger partial charge in [0, 0.05) is 16.1 Å². The number of aryl methyl sites for hydroxylation is 1. The van der Waals surface area contributed by atoms with Crippen LogP contribution in [0.25, 0.3) is 5.70 Å². The number of benzene rings is 1. The highest BCUT2D eigenvalue weighted by Crippen LogP contribution is 2.30. The third kappa shape index (κ3) is 4.64. The summed E-state index contributed by atoms with van der Waals surface area (Å²) in [6, 6.07) is 7.90. The van der Waals surface area contributed by atoms with Crippen LogP contribution in [-0.4, -0.2) is 18.3 Å². The summed E-state index contributed by atoms with van der Waals surface area (Å²) in [6.45, 7) is 10.4. The molecule has 0 saturated heterocycles. The molecule has 0 bridgehead atoms. The summed E-state index contributed by atoms with van der Waals surface area (Å²) in [5.41, 5.74) is 2.84. The van der Waals surface area contributed by atoms with Gasteiger partial charge in [0.05, 0.1) is 0 Å². The smallest absolute Gasteiger partial charge is 0.0966 e. The van der Waals surface area contributed by atoms with E-state index < -0.39 is 4.71 Å². The largest absolute Gasteiger partial charge is 0.178 e. The minimum absolute atomic E-state index is 0.403. The van der Waals surface area contributed by atoms with E-state index >= 15 is 0 Å². The highest BCUT2D eigenvalue weighted by molar-refractivity contribution is 5.64. The third-order valence-electron chi connectivity index (χ3n) is 2.76. The van der Waals surface area contributed by atoms with Crippen molar-refractivity contribution >= 4 is 5.70 Å². The van der Waals surface area contributed by atoms with Crippen LogP contribution in [0.3, 0.4) is 0 Å². The number of halogens is 1. The summed E-state index contributed by atoms with van der Waals surface area (Å²) in [6.07, 6.45) is 5.62. The number of hydrogen-bond donors (Lipinski definition) is 0. The lowest BCUT2D eigenvalue weighted by atomic mass is 10.0. The molecule has 1 heterocycles. The molecule has 106 valence electrons. The fourth-order valence-electron chi connectivity index (χ4n) is 1.87. The molecule has 0 fully saturated rings. The molecule has 1 aromatic carbocycles. The molecule has 1 nitrogen and oxygen atoms in total. The van der Waals surface area contributed by atoms with E-state index in [2.05, 4.69) is 0 Å². The summed E-state index contributed by atoms with van der Waals surface area (Å²) >= 11 is 0. The van der Waals surface area contributed by atoms with Gasteiger partial charge in [-0.05, 0) is 24.6 Å². The maximum atomic E-state index is 14.2. The lowest BCUT2D eigenvalue weighted by molar-refractivity contribution is -0.976. The molecular formula is C17H27FN+. The van der Waals surface area contributed by atoms with Gasteiger partial charge < -0.3 is 0 Å². The Bertz CT molecular complexity index is 431. The van der Waals surface area contributed by atoms with E-state index in [4.69, 9.17) is 0 Å². The van der Waals surface area contributed by atoms with Gasteiger partial charge in [-0.2, -0.15) is 0 Å². The third-order valence-corrected chi connectivity index (χ3v) is 2.76. The number of allylic oxidation sites excluding steroid dienone is 2. The maximum absolute atomic E-state index is 14.2. The minimum atomic E-state index is -0.568. The van der Waals surface area contributed by atoms with Gasteiger partial charge >= 0.3 is 0 Å². The van der Waals surface area contributed by atoms with Crippen LogP contribution in [0.5, 0.6) is 0 Å². The van der Waals surface area contributed by atoms with Crippen molar-refractivity contribution in [3.8, 4) is 0 Å². The van der Waals surface area contributed by atoms with Gasteiger partial charge in [0.25, 0.3) is 0 Å². The van der Waals surface area contributed by atoms with Gasteiger partial charge in [0.15, 0.2) is 5.70 Å². The zero-order valence-corrected chi connectivity index (χ0v) is 13.1. The lowest BCUT2D eigenvalue weighted by Crippen LogP contribution is -2.34. The van der Waals surface area contributed by atoms with Crippen molar-refractivity contribution in [2.75, 3.05) is 13.6 Å². The van der Waals surface area contributed by atoms with E-state index in [-0.39, 0.29) is 0 Å². The van der Waals surface area contributed by atoms with Crippen LogP contribution in [0.2, 0.25) is 0 Å². The number of quaternary nitrogens is 1. The Balaban J connectivity index is 0.000000741. The lowest BCUT2D eigenvalue weighted by Gasteiger charge is -2.25. The number of likely N-dealkylation sites (N-methyl/N-ethyl adjacent to an activating group) is 1. The first-order valence-electron chi connectivity index (χ1n) is 7.10. The van der Waals surface area contributed by atoms with Crippen molar-refractivity contribution in [2.24, 2.45) is 0 Å². The molecule has 1 aliphatic rings. The van der Waals surface area contributed by atoms with Crippen LogP contribution >= 0.6 is 0 Å². The van der Waals surface area contributed by atoms with Gasteiger partial charge in [0.1, 0.15) is 13.6 Å². The first-order chi connectivity index (χ1) is 9.11. The molecular weight excluding hydrogens is 237 g/mol. The molecule has 1 atom stereocenters. The van der Waals surface area contributed by atoms with Gasteiger partial charge in [-0.15, -0.1) is 0 Å². The molecule has 1 unspecified atom stereocenters. The average molecular weight is 264 g/mol. The molecule has 1 aromatic rings. The minimum Gasteiger partial charge on any atom is -0.0966 e. The second kappa shape index (κ2) is 8.65. The van der Waals surface area contributed by atoms with E-state index in [0.29, 0.717) is 6.54 Å². The molecule has 2 heteroatoms. The molecule has 19 heavy (non-hydrogen) atoms. The van der Waals surface area contributed by atoms with Crippen molar-refractivity contribution in [3.05, 3.63) is 53.6 Å². The van der Waals surface area contributed by atoms with Crippen molar-refractivity contribution < 1.29 is 9.19 Å². The predicted octanol–water partition coefficient (Wildman–Crippen LogP) is 5.29. The second-order valence-electron chi connectivity index (χ2n) is 4.05. The molecule has 1 aliphatic heterocycles. The van der Waals surface area contributed by atoms with Gasteiger partial charge in [-0.1, -0.05) is 56.7 Å². The summed E-state index contributed by atoms with van der Waals surface area (Å²) in [5.74, 6) is 0. The molecule has 0 amide bonds.